The van der Waals surface area contributed by atoms with Gasteiger partial charge in [-0.3, -0.25) is 14.7 Å². The molecule has 1 aliphatic heterocycles. The van der Waals surface area contributed by atoms with Gasteiger partial charge >= 0.3 is 6.09 Å². The van der Waals surface area contributed by atoms with Crippen LogP contribution in [0.5, 0.6) is 5.75 Å². The second-order valence-corrected chi connectivity index (χ2v) is 7.73. The fraction of sp³-hybridized carbons (Fsp3) is 0.650. The van der Waals surface area contributed by atoms with Crippen molar-refractivity contribution in [1.82, 2.24) is 20.5 Å². The lowest BCUT2D eigenvalue weighted by molar-refractivity contribution is -0.126. The molecule has 0 unspecified atom stereocenters. The van der Waals surface area contributed by atoms with E-state index < -0.39 is 6.09 Å². The molecule has 1 aromatic rings. The Morgan fingerprint density at radius 1 is 1.25 bits per heavy atom. The lowest BCUT2D eigenvalue weighted by Gasteiger charge is -2.27. The van der Waals surface area contributed by atoms with Gasteiger partial charge in [0.25, 0.3) is 0 Å². The molecule has 28 heavy (non-hydrogen) atoms. The predicted octanol–water partition coefficient (Wildman–Crippen LogP) is 2.17. The first-order chi connectivity index (χ1) is 13.5. The first-order valence-electron chi connectivity index (χ1n) is 10.1. The molecule has 0 aromatic carbocycles. The van der Waals surface area contributed by atoms with Crippen LogP contribution in [-0.4, -0.2) is 59.8 Å². The predicted molar refractivity (Wildman–Crippen MR) is 104 cm³/mol. The molecular weight excluding hydrogens is 360 g/mol. The quantitative estimate of drug-likeness (QED) is 0.617. The number of hydrogen-bond donors (Lipinski definition) is 3. The third-order valence-electron chi connectivity index (χ3n) is 5.74. The van der Waals surface area contributed by atoms with Gasteiger partial charge in [0.05, 0.1) is 12.7 Å². The van der Waals surface area contributed by atoms with Gasteiger partial charge in [-0.25, -0.2) is 4.79 Å². The number of nitrogens with zero attached hydrogens (tertiary/aromatic N) is 2. The number of nitrogens with one attached hydrogen (secondary N) is 2. The molecule has 2 aliphatic rings. The van der Waals surface area contributed by atoms with E-state index in [9.17, 15) is 9.59 Å². The maximum Gasteiger partial charge on any atom is 0.404 e. The number of rotatable bonds is 7. The molecule has 3 N–H and O–H groups in total. The number of carbonyl (C=O) groups is 2. The summed E-state index contributed by atoms with van der Waals surface area (Å²) in [7, 11) is 2.13. The van der Waals surface area contributed by atoms with Gasteiger partial charge in [-0.15, -0.1) is 0 Å². The van der Waals surface area contributed by atoms with Gasteiger partial charge < -0.3 is 20.5 Å². The number of likely N-dealkylation sites (tertiary alicyclic amines) is 1. The van der Waals surface area contributed by atoms with Crippen molar-refractivity contribution >= 4 is 12.0 Å². The van der Waals surface area contributed by atoms with Crippen LogP contribution in [0.2, 0.25) is 0 Å². The Bertz CT molecular complexity index is 676. The first-order valence-corrected chi connectivity index (χ1v) is 10.1. The summed E-state index contributed by atoms with van der Waals surface area (Å²) in [5.41, 5.74) is 1.17. The Morgan fingerprint density at radius 3 is 2.71 bits per heavy atom. The average molecular weight is 390 g/mol. The van der Waals surface area contributed by atoms with Crippen LogP contribution in [0.25, 0.3) is 0 Å². The Kier molecular flexibility index (Phi) is 7.08. The zero-order valence-electron chi connectivity index (χ0n) is 16.4. The summed E-state index contributed by atoms with van der Waals surface area (Å²) >= 11 is 0. The van der Waals surface area contributed by atoms with Crippen molar-refractivity contribution in [2.24, 2.45) is 5.92 Å². The smallest absolute Gasteiger partial charge is 0.404 e. The van der Waals surface area contributed by atoms with Gasteiger partial charge in [0.15, 0.2) is 0 Å². The van der Waals surface area contributed by atoms with E-state index in [1.807, 2.05) is 12.3 Å². The van der Waals surface area contributed by atoms with Crippen LogP contribution in [0.1, 0.15) is 50.1 Å². The van der Waals surface area contributed by atoms with Gasteiger partial charge in [0, 0.05) is 24.2 Å². The van der Waals surface area contributed by atoms with Gasteiger partial charge in [0.2, 0.25) is 5.91 Å². The summed E-state index contributed by atoms with van der Waals surface area (Å²) in [5.74, 6) is 0.707. The van der Waals surface area contributed by atoms with Crippen molar-refractivity contribution in [3.63, 3.8) is 0 Å². The number of hydrogen-bond acceptors (Lipinski definition) is 5. The largest absolute Gasteiger partial charge is 0.490 e. The van der Waals surface area contributed by atoms with E-state index in [1.54, 1.807) is 6.20 Å². The lowest BCUT2D eigenvalue weighted by atomic mass is 9.85. The zero-order valence-corrected chi connectivity index (χ0v) is 16.4. The number of carboxylic acid groups (broad SMARTS) is 1. The highest BCUT2D eigenvalue weighted by Crippen LogP contribution is 2.31. The van der Waals surface area contributed by atoms with Crippen molar-refractivity contribution in [1.29, 1.82) is 0 Å². The van der Waals surface area contributed by atoms with Crippen LogP contribution < -0.4 is 15.4 Å². The van der Waals surface area contributed by atoms with Crippen LogP contribution in [0.15, 0.2) is 18.5 Å². The van der Waals surface area contributed by atoms with E-state index in [1.165, 1.54) is 12.0 Å². The van der Waals surface area contributed by atoms with Crippen molar-refractivity contribution in [3.8, 4) is 5.75 Å². The SMILES string of the molecule is CN1CCC[C@H]1c1cncc(OCCNC(=O)C2CCC(NC(=O)O)CC2)c1. The third kappa shape index (κ3) is 5.58. The number of pyridine rings is 1. The highest BCUT2D eigenvalue weighted by Gasteiger charge is 2.27. The number of aromatic nitrogens is 1. The minimum atomic E-state index is -0.997. The van der Waals surface area contributed by atoms with Gasteiger partial charge in [-0.05, 0) is 63.7 Å². The fourth-order valence-corrected chi connectivity index (χ4v) is 4.19. The maximum atomic E-state index is 12.3. The van der Waals surface area contributed by atoms with Gasteiger partial charge in [-0.1, -0.05) is 0 Å². The molecule has 0 spiro atoms. The van der Waals surface area contributed by atoms with Crippen molar-refractivity contribution in [2.75, 3.05) is 26.7 Å². The normalized spacial score (nSPS) is 25.2. The van der Waals surface area contributed by atoms with E-state index in [0.717, 1.165) is 18.7 Å². The van der Waals surface area contributed by atoms with Crippen LogP contribution in [-0.2, 0) is 4.79 Å². The molecule has 1 saturated heterocycles. The van der Waals surface area contributed by atoms with E-state index in [2.05, 4.69) is 27.6 Å². The summed E-state index contributed by atoms with van der Waals surface area (Å²) < 4.78 is 5.77. The lowest BCUT2D eigenvalue weighted by Crippen LogP contribution is -2.41. The molecule has 154 valence electrons. The molecule has 8 heteroatoms. The maximum absolute atomic E-state index is 12.3. The summed E-state index contributed by atoms with van der Waals surface area (Å²) in [6, 6.07) is 2.41. The number of carbonyl (C=O) groups excluding carboxylic acids is 1. The summed E-state index contributed by atoms with van der Waals surface area (Å²) in [5, 5.41) is 14.2. The molecule has 2 amide bonds. The van der Waals surface area contributed by atoms with Crippen LogP contribution in [0.4, 0.5) is 4.79 Å². The molecule has 1 atom stereocenters. The topological polar surface area (TPSA) is 104 Å². The van der Waals surface area contributed by atoms with Crippen LogP contribution >= 0.6 is 0 Å². The number of amides is 2. The van der Waals surface area contributed by atoms with Crippen molar-refractivity contribution in [3.05, 3.63) is 24.0 Å². The highest BCUT2D eigenvalue weighted by atomic mass is 16.5. The van der Waals surface area contributed by atoms with Crippen LogP contribution in [0, 0.1) is 5.92 Å². The van der Waals surface area contributed by atoms with E-state index >= 15 is 0 Å². The van der Waals surface area contributed by atoms with Gasteiger partial charge in [-0.2, -0.15) is 0 Å². The summed E-state index contributed by atoms with van der Waals surface area (Å²) in [4.78, 5) is 29.6. The van der Waals surface area contributed by atoms with Crippen LogP contribution in [0.3, 0.4) is 0 Å². The van der Waals surface area contributed by atoms with E-state index in [-0.39, 0.29) is 17.9 Å². The molecule has 2 fully saturated rings. The van der Waals surface area contributed by atoms with Crippen molar-refractivity contribution < 1.29 is 19.4 Å². The molecule has 3 rings (SSSR count). The monoisotopic (exact) mass is 390 g/mol. The zero-order chi connectivity index (χ0) is 19.9. The average Bonchev–Trinajstić information content (AvgIpc) is 3.11. The fourth-order valence-electron chi connectivity index (χ4n) is 4.19. The second kappa shape index (κ2) is 9.73. The molecule has 8 nitrogen and oxygen atoms in total. The standard InChI is InChI=1S/C20H30N4O4/c1-24-9-2-3-18(24)15-11-17(13-21-12-15)28-10-8-22-19(25)14-4-6-16(7-5-14)23-20(26)27/h11-14,16,18,23H,2-10H2,1H3,(H,22,25)(H,26,27)/t14?,16?,18-/m0/s1. The Hall–Kier alpha value is -2.35. The second-order valence-electron chi connectivity index (χ2n) is 7.73. The van der Waals surface area contributed by atoms with Crippen molar-refractivity contribution in [2.45, 2.75) is 50.6 Å². The Morgan fingerprint density at radius 2 is 2.04 bits per heavy atom. The summed E-state index contributed by atoms with van der Waals surface area (Å²) in [6.45, 7) is 1.95. The molecule has 0 radical (unpaired) electrons. The highest BCUT2D eigenvalue weighted by molar-refractivity contribution is 5.78. The molecule has 1 aromatic heterocycles. The summed E-state index contributed by atoms with van der Waals surface area (Å²) in [6.07, 6.45) is 7.77. The molecule has 1 aliphatic carbocycles. The molecular formula is C20H30N4O4. The third-order valence-corrected chi connectivity index (χ3v) is 5.74. The Labute approximate surface area is 165 Å². The van der Waals surface area contributed by atoms with E-state index in [0.29, 0.717) is 44.9 Å². The number of ether oxygens (including phenoxy) is 1. The van der Waals surface area contributed by atoms with E-state index in [4.69, 9.17) is 9.84 Å². The molecule has 2 heterocycles. The minimum Gasteiger partial charge on any atom is -0.490 e. The molecule has 0 bridgehead atoms. The Balaban J connectivity index is 1.37. The molecule has 1 saturated carbocycles. The minimum absolute atomic E-state index is 0.0248. The van der Waals surface area contributed by atoms with Gasteiger partial charge in [0.1, 0.15) is 12.4 Å². The first kappa shape index (κ1) is 20.4.